The lowest BCUT2D eigenvalue weighted by atomic mass is 10.1. The Bertz CT molecular complexity index is 466. The fourth-order valence-corrected chi connectivity index (χ4v) is 1.47. The van der Waals surface area contributed by atoms with Crippen molar-refractivity contribution in [2.24, 2.45) is 0 Å². The minimum Gasteiger partial charge on any atom is -0.497 e. The van der Waals surface area contributed by atoms with E-state index in [9.17, 15) is 0 Å². The normalized spacial score (nSPS) is 9.88. The fourth-order valence-electron chi connectivity index (χ4n) is 1.47. The van der Waals surface area contributed by atoms with Gasteiger partial charge in [0.2, 0.25) is 0 Å². The summed E-state index contributed by atoms with van der Waals surface area (Å²) in [7, 11) is 3.29. The van der Waals surface area contributed by atoms with Crippen molar-refractivity contribution in [3.8, 4) is 22.6 Å². The van der Waals surface area contributed by atoms with Crippen LogP contribution < -0.4 is 9.47 Å². The number of methoxy groups -OCH3 is 2. The van der Waals surface area contributed by atoms with Crippen molar-refractivity contribution in [2.45, 2.75) is 0 Å². The van der Waals surface area contributed by atoms with Crippen LogP contribution in [0.2, 0.25) is 0 Å². The molecule has 0 fully saturated rings. The molecule has 0 aliphatic heterocycles. The highest BCUT2D eigenvalue weighted by molar-refractivity contribution is 5.64. The first-order valence-corrected chi connectivity index (χ1v) is 4.97. The molecule has 2 aromatic rings. The molecule has 0 aliphatic carbocycles. The van der Waals surface area contributed by atoms with Crippen molar-refractivity contribution in [3.63, 3.8) is 0 Å². The van der Waals surface area contributed by atoms with Crippen molar-refractivity contribution in [3.05, 3.63) is 42.7 Å². The Kier molecular flexibility index (Phi) is 3.05. The van der Waals surface area contributed by atoms with Gasteiger partial charge < -0.3 is 9.47 Å². The Morgan fingerprint density at radius 3 is 2.12 bits per heavy atom. The standard InChI is InChI=1S/C13H13NO2/c1-15-12-5-3-10(4-6-12)11-7-13(16-2)9-14-8-11/h3-9H,1-2H3. The molecule has 16 heavy (non-hydrogen) atoms. The van der Waals surface area contributed by atoms with E-state index in [1.54, 1.807) is 20.4 Å². The smallest absolute Gasteiger partial charge is 0.137 e. The summed E-state index contributed by atoms with van der Waals surface area (Å²) >= 11 is 0. The number of rotatable bonds is 3. The highest BCUT2D eigenvalue weighted by Crippen LogP contribution is 2.24. The van der Waals surface area contributed by atoms with Crippen molar-refractivity contribution in [1.82, 2.24) is 4.98 Å². The Morgan fingerprint density at radius 1 is 0.812 bits per heavy atom. The van der Waals surface area contributed by atoms with Gasteiger partial charge in [0, 0.05) is 11.8 Å². The number of aromatic nitrogens is 1. The molecule has 1 aromatic heterocycles. The Morgan fingerprint density at radius 2 is 1.50 bits per heavy atom. The van der Waals surface area contributed by atoms with E-state index in [1.165, 1.54) is 0 Å². The van der Waals surface area contributed by atoms with E-state index in [1.807, 2.05) is 36.5 Å². The summed E-state index contributed by atoms with van der Waals surface area (Å²) in [6.07, 6.45) is 3.50. The molecule has 82 valence electrons. The van der Waals surface area contributed by atoms with Gasteiger partial charge in [0.1, 0.15) is 11.5 Å². The zero-order valence-electron chi connectivity index (χ0n) is 9.31. The third kappa shape index (κ3) is 2.14. The number of hydrogen-bond donors (Lipinski definition) is 0. The van der Waals surface area contributed by atoms with Crippen LogP contribution in [0.1, 0.15) is 0 Å². The predicted octanol–water partition coefficient (Wildman–Crippen LogP) is 2.77. The van der Waals surface area contributed by atoms with Crippen LogP contribution in [0.5, 0.6) is 11.5 Å². The van der Waals surface area contributed by atoms with E-state index in [2.05, 4.69) is 4.98 Å². The number of pyridine rings is 1. The first-order chi connectivity index (χ1) is 7.83. The first kappa shape index (κ1) is 10.5. The molecule has 0 bridgehead atoms. The SMILES string of the molecule is COc1ccc(-c2cncc(OC)c2)cc1. The van der Waals surface area contributed by atoms with Gasteiger partial charge >= 0.3 is 0 Å². The van der Waals surface area contributed by atoms with E-state index in [-0.39, 0.29) is 0 Å². The van der Waals surface area contributed by atoms with Gasteiger partial charge in [0.05, 0.1) is 20.4 Å². The number of ether oxygens (including phenoxy) is 2. The van der Waals surface area contributed by atoms with Gasteiger partial charge in [-0.3, -0.25) is 4.98 Å². The van der Waals surface area contributed by atoms with Gasteiger partial charge in [-0.15, -0.1) is 0 Å². The quantitative estimate of drug-likeness (QED) is 0.788. The molecule has 0 spiro atoms. The summed E-state index contributed by atoms with van der Waals surface area (Å²) in [5.41, 5.74) is 2.12. The lowest BCUT2D eigenvalue weighted by molar-refractivity contribution is 0.413. The summed E-state index contributed by atoms with van der Waals surface area (Å²) in [5, 5.41) is 0. The van der Waals surface area contributed by atoms with Gasteiger partial charge in [-0.2, -0.15) is 0 Å². The molecule has 0 N–H and O–H groups in total. The van der Waals surface area contributed by atoms with Gasteiger partial charge in [-0.25, -0.2) is 0 Å². The summed E-state index contributed by atoms with van der Waals surface area (Å²) < 4.78 is 10.2. The monoisotopic (exact) mass is 215 g/mol. The minimum atomic E-state index is 0.758. The van der Waals surface area contributed by atoms with Gasteiger partial charge in [0.25, 0.3) is 0 Å². The summed E-state index contributed by atoms with van der Waals surface area (Å²) in [6.45, 7) is 0. The zero-order chi connectivity index (χ0) is 11.4. The molecule has 0 saturated carbocycles. The number of nitrogens with zero attached hydrogens (tertiary/aromatic N) is 1. The van der Waals surface area contributed by atoms with Crippen molar-refractivity contribution in [2.75, 3.05) is 14.2 Å². The van der Waals surface area contributed by atoms with Crippen LogP contribution in [0.15, 0.2) is 42.7 Å². The third-order valence-electron chi connectivity index (χ3n) is 2.37. The maximum atomic E-state index is 5.13. The molecule has 1 heterocycles. The molecule has 3 nitrogen and oxygen atoms in total. The van der Waals surface area contributed by atoms with Gasteiger partial charge in [-0.1, -0.05) is 12.1 Å². The molecule has 0 radical (unpaired) electrons. The predicted molar refractivity (Wildman–Crippen MR) is 62.8 cm³/mol. The molecule has 0 atom stereocenters. The van der Waals surface area contributed by atoms with Crippen LogP contribution in [0.3, 0.4) is 0 Å². The molecule has 0 saturated heterocycles. The van der Waals surface area contributed by atoms with E-state index in [4.69, 9.17) is 9.47 Å². The lowest BCUT2D eigenvalue weighted by Gasteiger charge is -2.05. The van der Waals surface area contributed by atoms with E-state index in [0.717, 1.165) is 22.6 Å². The van der Waals surface area contributed by atoms with E-state index in [0.29, 0.717) is 0 Å². The summed E-state index contributed by atoms with van der Waals surface area (Å²) in [6, 6.07) is 9.79. The van der Waals surface area contributed by atoms with Crippen LogP contribution in [0, 0.1) is 0 Å². The summed E-state index contributed by atoms with van der Waals surface area (Å²) in [5.74, 6) is 1.60. The first-order valence-electron chi connectivity index (χ1n) is 4.97. The maximum absolute atomic E-state index is 5.13. The molecule has 0 unspecified atom stereocenters. The largest absolute Gasteiger partial charge is 0.497 e. The molecule has 2 rings (SSSR count). The second-order valence-corrected chi connectivity index (χ2v) is 3.34. The number of hydrogen-bond acceptors (Lipinski definition) is 3. The van der Waals surface area contributed by atoms with Crippen LogP contribution in [-0.2, 0) is 0 Å². The third-order valence-corrected chi connectivity index (χ3v) is 2.37. The van der Waals surface area contributed by atoms with Crippen LogP contribution in [0.4, 0.5) is 0 Å². The molecular weight excluding hydrogens is 202 g/mol. The Labute approximate surface area is 94.7 Å². The second kappa shape index (κ2) is 4.66. The lowest BCUT2D eigenvalue weighted by Crippen LogP contribution is -1.86. The highest BCUT2D eigenvalue weighted by atomic mass is 16.5. The molecular formula is C13H13NO2. The molecule has 1 aromatic carbocycles. The van der Waals surface area contributed by atoms with Gasteiger partial charge in [0.15, 0.2) is 0 Å². The van der Waals surface area contributed by atoms with Crippen LogP contribution in [0.25, 0.3) is 11.1 Å². The van der Waals surface area contributed by atoms with Crippen LogP contribution in [-0.4, -0.2) is 19.2 Å². The zero-order valence-corrected chi connectivity index (χ0v) is 9.31. The summed E-state index contributed by atoms with van der Waals surface area (Å²) in [4.78, 5) is 4.12. The second-order valence-electron chi connectivity index (χ2n) is 3.34. The number of benzene rings is 1. The van der Waals surface area contributed by atoms with E-state index >= 15 is 0 Å². The average molecular weight is 215 g/mol. The van der Waals surface area contributed by atoms with Gasteiger partial charge in [-0.05, 0) is 23.8 Å². The van der Waals surface area contributed by atoms with E-state index < -0.39 is 0 Å². The molecule has 0 amide bonds. The Hall–Kier alpha value is -2.03. The molecule has 0 aliphatic rings. The average Bonchev–Trinajstić information content (AvgIpc) is 2.39. The van der Waals surface area contributed by atoms with Crippen molar-refractivity contribution >= 4 is 0 Å². The Balaban J connectivity index is 2.34. The molecule has 3 heteroatoms. The highest BCUT2D eigenvalue weighted by Gasteiger charge is 2.00. The fraction of sp³-hybridized carbons (Fsp3) is 0.154. The maximum Gasteiger partial charge on any atom is 0.137 e. The van der Waals surface area contributed by atoms with Crippen molar-refractivity contribution < 1.29 is 9.47 Å². The van der Waals surface area contributed by atoms with Crippen LogP contribution >= 0.6 is 0 Å². The van der Waals surface area contributed by atoms with Crippen molar-refractivity contribution in [1.29, 1.82) is 0 Å². The topological polar surface area (TPSA) is 31.4 Å². The minimum absolute atomic E-state index is 0.758.